The molecule has 0 amide bonds. The van der Waals surface area contributed by atoms with Crippen molar-refractivity contribution >= 4 is 16.0 Å². The van der Waals surface area contributed by atoms with Crippen molar-refractivity contribution in [1.82, 2.24) is 14.5 Å². The van der Waals surface area contributed by atoms with Crippen LogP contribution in [0.4, 0.5) is 0 Å². The molecule has 2 rings (SSSR count). The molecule has 1 aromatic heterocycles. The smallest absolute Gasteiger partial charge is 0.329 e. The van der Waals surface area contributed by atoms with Gasteiger partial charge in [0.2, 0.25) is 0 Å². The molecule has 1 aliphatic heterocycles. The van der Waals surface area contributed by atoms with E-state index < -0.39 is 16.0 Å². The Bertz CT molecular complexity index is 519. The highest BCUT2D eigenvalue weighted by Crippen LogP contribution is 2.20. The van der Waals surface area contributed by atoms with Crippen molar-refractivity contribution in [1.29, 1.82) is 0 Å². The SMILES string of the molecule is O=C(O)COC1CCN(S(=O)(=O)c2ccn[nH]2)CC1. The van der Waals surface area contributed by atoms with Crippen LogP contribution in [0.25, 0.3) is 0 Å². The van der Waals surface area contributed by atoms with E-state index in [4.69, 9.17) is 9.84 Å². The number of ether oxygens (including phenoxy) is 1. The molecule has 2 N–H and O–H groups in total. The minimum atomic E-state index is -3.53. The topological polar surface area (TPSA) is 113 Å². The molecule has 8 nitrogen and oxygen atoms in total. The Hall–Kier alpha value is -1.45. The quantitative estimate of drug-likeness (QED) is 0.767. The molecule has 19 heavy (non-hydrogen) atoms. The lowest BCUT2D eigenvalue weighted by atomic mass is 10.1. The molecule has 0 atom stereocenters. The highest BCUT2D eigenvalue weighted by molar-refractivity contribution is 7.89. The number of nitrogens with one attached hydrogen (secondary N) is 1. The molecule has 106 valence electrons. The van der Waals surface area contributed by atoms with Crippen LogP contribution in [0, 0.1) is 0 Å². The highest BCUT2D eigenvalue weighted by atomic mass is 32.2. The summed E-state index contributed by atoms with van der Waals surface area (Å²) in [5.74, 6) is -1.02. The standard InChI is InChI=1S/C10H15N3O5S/c14-10(15)7-18-8-2-5-13(6-3-8)19(16,17)9-1-4-11-12-9/h1,4,8H,2-3,5-7H2,(H,11,12)(H,14,15). The zero-order valence-electron chi connectivity index (χ0n) is 10.2. The molecule has 0 unspecified atom stereocenters. The average Bonchev–Trinajstić information content (AvgIpc) is 2.91. The van der Waals surface area contributed by atoms with Crippen LogP contribution >= 0.6 is 0 Å². The van der Waals surface area contributed by atoms with Crippen LogP contribution in [0.1, 0.15) is 12.8 Å². The van der Waals surface area contributed by atoms with E-state index in [2.05, 4.69) is 10.2 Å². The number of carbonyl (C=O) groups is 1. The molecule has 0 radical (unpaired) electrons. The molecule has 2 heterocycles. The van der Waals surface area contributed by atoms with E-state index in [0.29, 0.717) is 25.9 Å². The van der Waals surface area contributed by atoms with E-state index in [1.807, 2.05) is 0 Å². The first-order chi connectivity index (χ1) is 9.00. The van der Waals surface area contributed by atoms with Crippen LogP contribution in [0.15, 0.2) is 17.3 Å². The van der Waals surface area contributed by atoms with Crippen LogP contribution in [-0.4, -0.2) is 59.8 Å². The van der Waals surface area contributed by atoms with Gasteiger partial charge in [-0.3, -0.25) is 5.10 Å². The number of H-pyrrole nitrogens is 1. The Morgan fingerprint density at radius 1 is 1.53 bits per heavy atom. The summed E-state index contributed by atoms with van der Waals surface area (Å²) in [6, 6.07) is 1.41. The van der Waals surface area contributed by atoms with E-state index in [-0.39, 0.29) is 17.7 Å². The van der Waals surface area contributed by atoms with Crippen LogP contribution in [-0.2, 0) is 19.6 Å². The molecule has 1 aromatic rings. The lowest BCUT2D eigenvalue weighted by Crippen LogP contribution is -2.41. The number of carboxylic acids is 1. The summed E-state index contributed by atoms with van der Waals surface area (Å²) in [7, 11) is -3.53. The van der Waals surface area contributed by atoms with E-state index in [1.54, 1.807) is 0 Å². The summed E-state index contributed by atoms with van der Waals surface area (Å²) >= 11 is 0. The number of aromatic amines is 1. The molecule has 1 saturated heterocycles. The van der Waals surface area contributed by atoms with Crippen LogP contribution < -0.4 is 0 Å². The normalized spacial score (nSPS) is 18.5. The lowest BCUT2D eigenvalue weighted by Gasteiger charge is -2.30. The van der Waals surface area contributed by atoms with E-state index in [1.165, 1.54) is 16.6 Å². The summed E-state index contributed by atoms with van der Waals surface area (Å²) in [5, 5.41) is 14.6. The van der Waals surface area contributed by atoms with Gasteiger partial charge in [0.25, 0.3) is 10.0 Å². The number of piperidine rings is 1. The molecular formula is C10H15N3O5S. The lowest BCUT2D eigenvalue weighted by molar-refractivity contribution is -0.145. The summed E-state index contributed by atoms with van der Waals surface area (Å²) < 4.78 is 30.8. The Morgan fingerprint density at radius 2 is 2.21 bits per heavy atom. The predicted octanol–water partition coefficient (Wildman–Crippen LogP) is -0.336. The highest BCUT2D eigenvalue weighted by Gasteiger charge is 2.30. The second-order valence-corrected chi connectivity index (χ2v) is 6.14. The van der Waals surface area contributed by atoms with E-state index in [0.717, 1.165) is 0 Å². The fraction of sp³-hybridized carbons (Fsp3) is 0.600. The van der Waals surface area contributed by atoms with Crippen molar-refractivity contribution in [3.8, 4) is 0 Å². The molecule has 0 aromatic carbocycles. The van der Waals surface area contributed by atoms with Gasteiger partial charge < -0.3 is 9.84 Å². The van der Waals surface area contributed by atoms with Gasteiger partial charge in [0.05, 0.1) is 12.3 Å². The fourth-order valence-electron chi connectivity index (χ4n) is 1.95. The number of sulfonamides is 1. The second kappa shape index (κ2) is 5.68. The monoisotopic (exact) mass is 289 g/mol. The minimum Gasteiger partial charge on any atom is -0.480 e. The summed E-state index contributed by atoms with van der Waals surface area (Å²) in [6.07, 6.45) is 2.15. The summed E-state index contributed by atoms with van der Waals surface area (Å²) in [6.45, 7) is 0.273. The van der Waals surface area contributed by atoms with Crippen LogP contribution in [0.5, 0.6) is 0 Å². The molecule has 1 fully saturated rings. The molecule has 1 aliphatic rings. The number of hydrogen-bond acceptors (Lipinski definition) is 5. The van der Waals surface area contributed by atoms with Gasteiger partial charge in [-0.15, -0.1) is 0 Å². The van der Waals surface area contributed by atoms with Crippen molar-refractivity contribution in [3.63, 3.8) is 0 Å². The molecule has 0 saturated carbocycles. The molecule has 0 bridgehead atoms. The first kappa shape index (κ1) is 14.0. The van der Waals surface area contributed by atoms with Crippen molar-refractivity contribution in [2.75, 3.05) is 19.7 Å². The van der Waals surface area contributed by atoms with Crippen LogP contribution in [0.2, 0.25) is 0 Å². The summed E-state index contributed by atoms with van der Waals surface area (Å²) in [5.41, 5.74) is 0. The zero-order valence-corrected chi connectivity index (χ0v) is 11.0. The third-order valence-corrected chi connectivity index (χ3v) is 4.76. The number of aromatic nitrogens is 2. The Morgan fingerprint density at radius 3 is 2.74 bits per heavy atom. The maximum Gasteiger partial charge on any atom is 0.329 e. The average molecular weight is 289 g/mol. The number of aliphatic carboxylic acids is 1. The van der Waals surface area contributed by atoms with Gasteiger partial charge in [-0.2, -0.15) is 9.40 Å². The van der Waals surface area contributed by atoms with Gasteiger partial charge in [-0.25, -0.2) is 13.2 Å². The van der Waals surface area contributed by atoms with Gasteiger partial charge in [0, 0.05) is 13.1 Å². The fourth-order valence-corrected chi connectivity index (χ4v) is 3.32. The molecule has 0 spiro atoms. The van der Waals surface area contributed by atoms with Gasteiger partial charge >= 0.3 is 5.97 Å². The van der Waals surface area contributed by atoms with E-state index >= 15 is 0 Å². The van der Waals surface area contributed by atoms with Gasteiger partial charge in [0.15, 0.2) is 5.03 Å². The zero-order chi connectivity index (χ0) is 13.9. The van der Waals surface area contributed by atoms with Crippen molar-refractivity contribution < 1.29 is 23.1 Å². The third-order valence-electron chi connectivity index (χ3n) is 2.94. The Balaban J connectivity index is 1.91. The molecule has 9 heteroatoms. The number of nitrogens with zero attached hydrogens (tertiary/aromatic N) is 2. The minimum absolute atomic E-state index is 0.0670. The number of hydrogen-bond donors (Lipinski definition) is 2. The van der Waals surface area contributed by atoms with Crippen molar-refractivity contribution in [2.24, 2.45) is 0 Å². The maximum atomic E-state index is 12.1. The van der Waals surface area contributed by atoms with Gasteiger partial charge in [-0.05, 0) is 18.9 Å². The van der Waals surface area contributed by atoms with E-state index in [9.17, 15) is 13.2 Å². The maximum absolute atomic E-state index is 12.1. The van der Waals surface area contributed by atoms with Gasteiger partial charge in [-0.1, -0.05) is 0 Å². The molecule has 0 aliphatic carbocycles. The number of rotatable bonds is 5. The predicted molar refractivity (Wildman–Crippen MR) is 64.0 cm³/mol. The first-order valence-corrected chi connectivity index (χ1v) is 7.27. The van der Waals surface area contributed by atoms with Gasteiger partial charge in [0.1, 0.15) is 6.61 Å². The Kier molecular flexibility index (Phi) is 4.17. The largest absolute Gasteiger partial charge is 0.480 e. The van der Waals surface area contributed by atoms with Crippen LogP contribution in [0.3, 0.4) is 0 Å². The summed E-state index contributed by atoms with van der Waals surface area (Å²) in [4.78, 5) is 10.4. The second-order valence-electron chi connectivity index (χ2n) is 4.23. The Labute approximate surface area is 110 Å². The van der Waals surface area contributed by atoms with Crippen molar-refractivity contribution in [3.05, 3.63) is 12.3 Å². The number of carboxylic acid groups (broad SMARTS) is 1. The van der Waals surface area contributed by atoms with Crippen molar-refractivity contribution in [2.45, 2.75) is 24.0 Å². The first-order valence-electron chi connectivity index (χ1n) is 5.83. The third kappa shape index (κ3) is 3.31. The molecular weight excluding hydrogens is 274 g/mol.